The van der Waals surface area contributed by atoms with E-state index in [1.165, 1.54) is 0 Å². The molecule has 0 fully saturated rings. The van der Waals surface area contributed by atoms with Crippen LogP contribution in [0.25, 0.3) is 10.9 Å². The molecule has 140 valence electrons. The molecular formula is C20H21N3O4. The Labute approximate surface area is 156 Å². The molecule has 27 heavy (non-hydrogen) atoms. The quantitative estimate of drug-likeness (QED) is 0.672. The molecule has 7 nitrogen and oxygen atoms in total. The zero-order chi connectivity index (χ0) is 19.6. The number of aromatic amines is 1. The van der Waals surface area contributed by atoms with Gasteiger partial charge in [-0.05, 0) is 44.5 Å². The molecule has 0 spiro atoms. The summed E-state index contributed by atoms with van der Waals surface area (Å²) in [6.45, 7) is 5.47. The number of fused-ring (bicyclic) bond motifs is 1. The number of carbonyl (C=O) groups is 2. The van der Waals surface area contributed by atoms with E-state index < -0.39 is 5.97 Å². The number of hydrogen-bond donors (Lipinski definition) is 2. The molecule has 0 bridgehead atoms. The summed E-state index contributed by atoms with van der Waals surface area (Å²) in [5, 5.41) is 3.72. The summed E-state index contributed by atoms with van der Waals surface area (Å²) in [5.74, 6) is -0.0678. The lowest BCUT2D eigenvalue weighted by Crippen LogP contribution is -2.14. The Balaban J connectivity index is 1.87. The minimum absolute atomic E-state index is 0.269. The maximum Gasteiger partial charge on any atom is 0.355 e. The van der Waals surface area contributed by atoms with Gasteiger partial charge < -0.3 is 19.8 Å². The van der Waals surface area contributed by atoms with Crippen molar-refractivity contribution in [3.63, 3.8) is 0 Å². The number of aromatic nitrogens is 2. The number of anilines is 1. The highest BCUT2D eigenvalue weighted by atomic mass is 16.5. The zero-order valence-corrected chi connectivity index (χ0v) is 15.7. The lowest BCUT2D eigenvalue weighted by atomic mass is 10.1. The second kappa shape index (κ2) is 7.49. The predicted octanol–water partition coefficient (Wildman–Crippen LogP) is 3.62. The number of esters is 1. The molecule has 0 unspecified atom stereocenters. The average molecular weight is 367 g/mol. The van der Waals surface area contributed by atoms with Gasteiger partial charge in [-0.15, -0.1) is 0 Å². The zero-order valence-electron chi connectivity index (χ0n) is 15.7. The third kappa shape index (κ3) is 3.62. The van der Waals surface area contributed by atoms with Crippen LogP contribution < -0.4 is 10.1 Å². The van der Waals surface area contributed by atoms with Gasteiger partial charge in [-0.2, -0.15) is 0 Å². The molecule has 3 rings (SSSR count). The van der Waals surface area contributed by atoms with Gasteiger partial charge in [0, 0.05) is 17.1 Å². The third-order valence-corrected chi connectivity index (χ3v) is 4.29. The number of benzene rings is 1. The van der Waals surface area contributed by atoms with Crippen molar-refractivity contribution in [1.29, 1.82) is 0 Å². The highest BCUT2D eigenvalue weighted by Crippen LogP contribution is 2.24. The van der Waals surface area contributed by atoms with Gasteiger partial charge >= 0.3 is 5.97 Å². The van der Waals surface area contributed by atoms with E-state index in [1.54, 1.807) is 34.1 Å². The number of nitrogens with one attached hydrogen (secondary N) is 2. The number of aryl methyl sites for hydroxylation is 1. The molecule has 0 aliphatic carbocycles. The Morgan fingerprint density at radius 1 is 1.22 bits per heavy atom. The summed E-state index contributed by atoms with van der Waals surface area (Å²) in [5.41, 5.74) is 3.21. The van der Waals surface area contributed by atoms with Crippen LogP contribution >= 0.6 is 0 Å². The highest BCUT2D eigenvalue weighted by Gasteiger charge is 2.22. The summed E-state index contributed by atoms with van der Waals surface area (Å²) in [4.78, 5) is 32.1. The van der Waals surface area contributed by atoms with E-state index in [0.717, 1.165) is 16.7 Å². The molecule has 2 heterocycles. The molecule has 0 atom stereocenters. The maximum absolute atomic E-state index is 12.8. The maximum atomic E-state index is 12.8. The van der Waals surface area contributed by atoms with Crippen LogP contribution in [-0.2, 0) is 4.74 Å². The molecule has 0 radical (unpaired) electrons. The van der Waals surface area contributed by atoms with Gasteiger partial charge in [-0.25, -0.2) is 4.79 Å². The first-order valence-corrected chi connectivity index (χ1v) is 8.56. The van der Waals surface area contributed by atoms with E-state index in [9.17, 15) is 9.59 Å². The van der Waals surface area contributed by atoms with Crippen LogP contribution in [0, 0.1) is 13.8 Å². The number of pyridine rings is 1. The minimum atomic E-state index is -0.474. The van der Waals surface area contributed by atoms with Crippen LogP contribution in [0.5, 0.6) is 5.75 Å². The molecule has 0 aliphatic heterocycles. The normalized spacial score (nSPS) is 10.7. The summed E-state index contributed by atoms with van der Waals surface area (Å²) in [6, 6.07) is 7.38. The van der Waals surface area contributed by atoms with Crippen molar-refractivity contribution in [2.45, 2.75) is 20.8 Å². The Bertz CT molecular complexity index is 1020. The van der Waals surface area contributed by atoms with E-state index >= 15 is 0 Å². The number of hydrogen-bond acceptors (Lipinski definition) is 5. The van der Waals surface area contributed by atoms with Crippen LogP contribution in [-0.4, -0.2) is 35.6 Å². The fourth-order valence-electron chi connectivity index (χ4n) is 2.99. The Kier molecular flexibility index (Phi) is 5.12. The smallest absolute Gasteiger partial charge is 0.355 e. The topological polar surface area (TPSA) is 93.3 Å². The Hall–Kier alpha value is -3.35. The number of H-pyrrole nitrogens is 1. The summed E-state index contributed by atoms with van der Waals surface area (Å²) in [6.07, 6.45) is 1.59. The van der Waals surface area contributed by atoms with E-state index in [0.29, 0.717) is 28.2 Å². The average Bonchev–Trinajstić information content (AvgIpc) is 2.95. The number of nitrogens with zero attached hydrogens (tertiary/aromatic N) is 1. The summed E-state index contributed by atoms with van der Waals surface area (Å²) < 4.78 is 10.2. The van der Waals surface area contributed by atoms with Gasteiger partial charge in [0.25, 0.3) is 5.91 Å². The predicted molar refractivity (Wildman–Crippen MR) is 102 cm³/mol. The second-order valence-electron chi connectivity index (χ2n) is 6.08. The van der Waals surface area contributed by atoms with Gasteiger partial charge in [0.2, 0.25) is 0 Å². The van der Waals surface area contributed by atoms with Crippen LogP contribution in [0.1, 0.15) is 39.0 Å². The van der Waals surface area contributed by atoms with Crippen molar-refractivity contribution in [1.82, 2.24) is 9.97 Å². The Morgan fingerprint density at radius 3 is 2.70 bits per heavy atom. The SMILES string of the molecule is CCOC(=O)c1[nH]c(C)c(C(=O)Nc2cnc3cc(OC)ccc3c2)c1C. The van der Waals surface area contributed by atoms with Crippen molar-refractivity contribution in [2.24, 2.45) is 0 Å². The molecule has 0 saturated carbocycles. The molecule has 2 aromatic heterocycles. The van der Waals surface area contributed by atoms with Gasteiger partial charge in [0.1, 0.15) is 11.4 Å². The number of amides is 1. The molecule has 7 heteroatoms. The van der Waals surface area contributed by atoms with Crippen molar-refractivity contribution < 1.29 is 19.1 Å². The molecule has 3 aromatic rings. The van der Waals surface area contributed by atoms with Gasteiger partial charge in [-0.3, -0.25) is 9.78 Å². The van der Waals surface area contributed by atoms with E-state index in [4.69, 9.17) is 9.47 Å². The molecule has 0 saturated heterocycles. The number of ether oxygens (including phenoxy) is 2. The summed E-state index contributed by atoms with van der Waals surface area (Å²) >= 11 is 0. The second-order valence-corrected chi connectivity index (χ2v) is 6.08. The molecular weight excluding hydrogens is 346 g/mol. The number of carbonyl (C=O) groups excluding carboxylic acids is 2. The molecule has 1 aromatic carbocycles. The van der Waals surface area contributed by atoms with Gasteiger partial charge in [0.05, 0.1) is 36.7 Å². The van der Waals surface area contributed by atoms with Crippen LogP contribution in [0.4, 0.5) is 5.69 Å². The first-order valence-electron chi connectivity index (χ1n) is 8.56. The van der Waals surface area contributed by atoms with Crippen LogP contribution in [0.3, 0.4) is 0 Å². The Morgan fingerprint density at radius 2 is 2.00 bits per heavy atom. The van der Waals surface area contributed by atoms with E-state index in [-0.39, 0.29) is 12.5 Å². The monoisotopic (exact) mass is 367 g/mol. The number of methoxy groups -OCH3 is 1. The molecule has 2 N–H and O–H groups in total. The summed E-state index contributed by atoms with van der Waals surface area (Å²) in [7, 11) is 1.60. The first-order chi connectivity index (χ1) is 12.9. The van der Waals surface area contributed by atoms with Gasteiger partial charge in [-0.1, -0.05) is 0 Å². The molecule has 1 amide bonds. The fourth-order valence-corrected chi connectivity index (χ4v) is 2.99. The van der Waals surface area contributed by atoms with E-state index in [2.05, 4.69) is 15.3 Å². The van der Waals surface area contributed by atoms with Crippen LogP contribution in [0.2, 0.25) is 0 Å². The fraction of sp³-hybridized carbons (Fsp3) is 0.250. The van der Waals surface area contributed by atoms with Crippen molar-refractivity contribution in [3.05, 3.63) is 53.0 Å². The van der Waals surface area contributed by atoms with Crippen molar-refractivity contribution in [3.8, 4) is 5.75 Å². The van der Waals surface area contributed by atoms with Gasteiger partial charge in [0.15, 0.2) is 0 Å². The number of rotatable bonds is 5. The standard InChI is InChI=1S/C20H21N3O4/c1-5-27-20(25)18-11(2)17(12(3)22-18)19(24)23-14-8-13-6-7-15(26-4)9-16(13)21-10-14/h6-10,22H,5H2,1-4H3,(H,23,24). The minimum Gasteiger partial charge on any atom is -0.497 e. The highest BCUT2D eigenvalue weighted by molar-refractivity contribution is 6.08. The molecule has 0 aliphatic rings. The van der Waals surface area contributed by atoms with Crippen LogP contribution in [0.15, 0.2) is 30.5 Å². The third-order valence-electron chi connectivity index (χ3n) is 4.29. The van der Waals surface area contributed by atoms with Crippen molar-refractivity contribution in [2.75, 3.05) is 19.0 Å². The van der Waals surface area contributed by atoms with Crippen molar-refractivity contribution >= 4 is 28.5 Å². The lowest BCUT2D eigenvalue weighted by Gasteiger charge is -2.08. The first kappa shape index (κ1) is 18.4. The lowest BCUT2D eigenvalue weighted by molar-refractivity contribution is 0.0519. The largest absolute Gasteiger partial charge is 0.497 e. The van der Waals surface area contributed by atoms with E-state index in [1.807, 2.05) is 24.3 Å².